The molecule has 0 heterocycles. The van der Waals surface area contributed by atoms with E-state index in [-0.39, 0.29) is 0 Å². The van der Waals surface area contributed by atoms with Crippen LogP contribution in [0.2, 0.25) is 0 Å². The summed E-state index contributed by atoms with van der Waals surface area (Å²) in [4.78, 5) is 0. The van der Waals surface area contributed by atoms with E-state index in [2.05, 4.69) is 19.2 Å². The summed E-state index contributed by atoms with van der Waals surface area (Å²) < 4.78 is 0. The zero-order valence-corrected chi connectivity index (χ0v) is 9.09. The van der Waals surface area contributed by atoms with Crippen molar-refractivity contribution >= 4 is 11.4 Å². The molecule has 0 spiro atoms. The van der Waals surface area contributed by atoms with Crippen LogP contribution in [0.15, 0.2) is 24.3 Å². The van der Waals surface area contributed by atoms with Crippen molar-refractivity contribution in [3.8, 4) is 0 Å². The highest BCUT2D eigenvalue weighted by atomic mass is 14.9. The summed E-state index contributed by atoms with van der Waals surface area (Å²) in [5, 5.41) is 3.42. The molecule has 0 aliphatic rings. The lowest BCUT2D eigenvalue weighted by Crippen LogP contribution is -2.15. The van der Waals surface area contributed by atoms with Gasteiger partial charge < -0.3 is 11.1 Å². The van der Waals surface area contributed by atoms with E-state index >= 15 is 0 Å². The molecule has 1 aromatic rings. The second kappa shape index (κ2) is 5.53. The Hall–Kier alpha value is -1.18. The van der Waals surface area contributed by atoms with E-state index in [1.165, 1.54) is 19.3 Å². The minimum Gasteiger partial charge on any atom is -0.397 e. The molecule has 0 aliphatic carbocycles. The van der Waals surface area contributed by atoms with Gasteiger partial charge in [0.25, 0.3) is 0 Å². The topological polar surface area (TPSA) is 38.0 Å². The van der Waals surface area contributed by atoms with Crippen LogP contribution in [-0.2, 0) is 0 Å². The van der Waals surface area contributed by atoms with Crippen LogP contribution in [0.25, 0.3) is 0 Å². The zero-order chi connectivity index (χ0) is 10.4. The molecule has 0 amide bonds. The fourth-order valence-corrected chi connectivity index (χ4v) is 1.48. The van der Waals surface area contributed by atoms with Crippen molar-refractivity contribution in [3.63, 3.8) is 0 Å². The van der Waals surface area contributed by atoms with Crippen LogP contribution in [0.3, 0.4) is 0 Å². The zero-order valence-electron chi connectivity index (χ0n) is 9.09. The van der Waals surface area contributed by atoms with Crippen molar-refractivity contribution < 1.29 is 0 Å². The average Bonchev–Trinajstić information content (AvgIpc) is 2.18. The monoisotopic (exact) mass is 192 g/mol. The molecule has 0 aromatic heterocycles. The third-order valence-corrected chi connectivity index (χ3v) is 2.35. The van der Waals surface area contributed by atoms with Gasteiger partial charge in [-0.3, -0.25) is 0 Å². The van der Waals surface area contributed by atoms with Crippen molar-refractivity contribution in [1.29, 1.82) is 0 Å². The third kappa shape index (κ3) is 3.29. The van der Waals surface area contributed by atoms with E-state index in [1.807, 2.05) is 24.3 Å². The molecule has 1 atom stereocenters. The Morgan fingerprint density at radius 1 is 1.36 bits per heavy atom. The molecule has 0 radical (unpaired) electrons. The number of nitrogens with one attached hydrogen (secondary N) is 1. The van der Waals surface area contributed by atoms with Gasteiger partial charge in [-0.05, 0) is 25.5 Å². The average molecular weight is 192 g/mol. The van der Waals surface area contributed by atoms with Gasteiger partial charge in [0.15, 0.2) is 0 Å². The van der Waals surface area contributed by atoms with Crippen molar-refractivity contribution in [2.75, 3.05) is 11.1 Å². The standard InChI is InChI=1S/C12H20N2/c1-3-4-7-10(2)14-12-9-6-5-8-11(12)13/h5-6,8-10,14H,3-4,7,13H2,1-2H3. The molecule has 3 N–H and O–H groups in total. The summed E-state index contributed by atoms with van der Waals surface area (Å²) in [6.07, 6.45) is 3.71. The highest BCUT2D eigenvalue weighted by Gasteiger charge is 2.02. The predicted octanol–water partition coefficient (Wildman–Crippen LogP) is 3.26. The van der Waals surface area contributed by atoms with Crippen molar-refractivity contribution in [3.05, 3.63) is 24.3 Å². The van der Waals surface area contributed by atoms with E-state index in [9.17, 15) is 0 Å². The van der Waals surface area contributed by atoms with Gasteiger partial charge >= 0.3 is 0 Å². The fourth-order valence-electron chi connectivity index (χ4n) is 1.48. The van der Waals surface area contributed by atoms with E-state index in [1.54, 1.807) is 0 Å². The summed E-state index contributed by atoms with van der Waals surface area (Å²) >= 11 is 0. The predicted molar refractivity (Wildman–Crippen MR) is 63.5 cm³/mol. The van der Waals surface area contributed by atoms with Crippen LogP contribution in [0.1, 0.15) is 33.1 Å². The largest absolute Gasteiger partial charge is 0.397 e. The lowest BCUT2D eigenvalue weighted by Gasteiger charge is -2.16. The van der Waals surface area contributed by atoms with Gasteiger partial charge in [0.05, 0.1) is 11.4 Å². The Kier molecular flexibility index (Phi) is 4.30. The number of unbranched alkanes of at least 4 members (excludes halogenated alkanes) is 1. The van der Waals surface area contributed by atoms with Gasteiger partial charge in [0, 0.05) is 6.04 Å². The number of hydrogen-bond acceptors (Lipinski definition) is 2. The van der Waals surface area contributed by atoms with Crippen LogP contribution < -0.4 is 11.1 Å². The summed E-state index contributed by atoms with van der Waals surface area (Å²) in [6, 6.07) is 8.41. The fraction of sp³-hybridized carbons (Fsp3) is 0.500. The number of nitrogen functional groups attached to an aromatic ring is 1. The molecule has 78 valence electrons. The van der Waals surface area contributed by atoms with E-state index < -0.39 is 0 Å². The second-order valence-corrected chi connectivity index (χ2v) is 3.77. The van der Waals surface area contributed by atoms with Gasteiger partial charge in [-0.25, -0.2) is 0 Å². The van der Waals surface area contributed by atoms with Gasteiger partial charge in [-0.2, -0.15) is 0 Å². The number of rotatable bonds is 5. The molecule has 0 bridgehead atoms. The number of para-hydroxylation sites is 2. The molecular formula is C12H20N2. The van der Waals surface area contributed by atoms with Crippen LogP contribution >= 0.6 is 0 Å². The maximum atomic E-state index is 5.84. The normalized spacial score (nSPS) is 12.4. The second-order valence-electron chi connectivity index (χ2n) is 3.77. The van der Waals surface area contributed by atoms with Crippen LogP contribution in [0.4, 0.5) is 11.4 Å². The van der Waals surface area contributed by atoms with Crippen LogP contribution in [-0.4, -0.2) is 6.04 Å². The number of benzene rings is 1. The van der Waals surface area contributed by atoms with Crippen molar-refractivity contribution in [1.82, 2.24) is 0 Å². The molecule has 1 aromatic carbocycles. The lowest BCUT2D eigenvalue weighted by molar-refractivity contribution is 0.645. The van der Waals surface area contributed by atoms with E-state index in [0.717, 1.165) is 11.4 Å². The summed E-state index contributed by atoms with van der Waals surface area (Å²) in [7, 11) is 0. The molecule has 14 heavy (non-hydrogen) atoms. The number of anilines is 2. The van der Waals surface area contributed by atoms with Gasteiger partial charge in [-0.1, -0.05) is 31.9 Å². The number of nitrogens with two attached hydrogens (primary N) is 1. The summed E-state index contributed by atoms with van der Waals surface area (Å²) in [6.45, 7) is 4.41. The third-order valence-electron chi connectivity index (χ3n) is 2.35. The van der Waals surface area contributed by atoms with Gasteiger partial charge in [0.1, 0.15) is 0 Å². The Balaban J connectivity index is 2.47. The summed E-state index contributed by atoms with van der Waals surface area (Å²) in [5.74, 6) is 0. The molecule has 0 saturated carbocycles. The summed E-state index contributed by atoms with van der Waals surface area (Å²) in [5.41, 5.74) is 7.72. The SMILES string of the molecule is CCCCC(C)Nc1ccccc1N. The van der Waals surface area contributed by atoms with Crippen LogP contribution in [0.5, 0.6) is 0 Å². The first-order valence-corrected chi connectivity index (χ1v) is 5.35. The molecule has 0 saturated heterocycles. The molecule has 0 aliphatic heterocycles. The first-order valence-electron chi connectivity index (χ1n) is 5.35. The van der Waals surface area contributed by atoms with Gasteiger partial charge in [0.2, 0.25) is 0 Å². The molecule has 2 nitrogen and oxygen atoms in total. The Morgan fingerprint density at radius 2 is 2.07 bits per heavy atom. The molecule has 1 rings (SSSR count). The molecule has 2 heteroatoms. The maximum absolute atomic E-state index is 5.84. The maximum Gasteiger partial charge on any atom is 0.0575 e. The quantitative estimate of drug-likeness (QED) is 0.703. The molecule has 0 fully saturated rings. The van der Waals surface area contributed by atoms with Crippen molar-refractivity contribution in [2.45, 2.75) is 39.2 Å². The highest BCUT2D eigenvalue weighted by Crippen LogP contribution is 2.18. The minimum absolute atomic E-state index is 0.500. The number of hydrogen-bond donors (Lipinski definition) is 2. The smallest absolute Gasteiger partial charge is 0.0575 e. The van der Waals surface area contributed by atoms with Crippen molar-refractivity contribution in [2.24, 2.45) is 0 Å². The van der Waals surface area contributed by atoms with Crippen LogP contribution in [0, 0.1) is 0 Å². The highest BCUT2D eigenvalue weighted by molar-refractivity contribution is 5.65. The molecule has 1 unspecified atom stereocenters. The Labute approximate surface area is 86.5 Å². The minimum atomic E-state index is 0.500. The first kappa shape index (κ1) is 10.9. The van der Waals surface area contributed by atoms with E-state index in [4.69, 9.17) is 5.73 Å². The van der Waals surface area contributed by atoms with Gasteiger partial charge in [-0.15, -0.1) is 0 Å². The molecular weight excluding hydrogens is 172 g/mol. The lowest BCUT2D eigenvalue weighted by atomic mass is 10.1. The first-order chi connectivity index (χ1) is 6.74. The Morgan fingerprint density at radius 3 is 2.71 bits per heavy atom. The Bertz CT molecular complexity index is 271. The van der Waals surface area contributed by atoms with E-state index in [0.29, 0.717) is 6.04 Å².